The summed E-state index contributed by atoms with van der Waals surface area (Å²) in [5.41, 5.74) is 0. The summed E-state index contributed by atoms with van der Waals surface area (Å²) in [4.78, 5) is 37.8. The molecule has 0 bridgehead atoms. The minimum atomic E-state index is -0.760. The molecule has 0 spiro atoms. The van der Waals surface area contributed by atoms with Gasteiger partial charge in [-0.3, -0.25) is 14.4 Å². The van der Waals surface area contributed by atoms with E-state index < -0.39 is 6.10 Å². The van der Waals surface area contributed by atoms with Gasteiger partial charge in [0.2, 0.25) is 0 Å². The SMILES string of the molecule is CCCCCCCCCCCC(=O)O[C@H](COC(=O)CCCCCCCCCCCCCCC(C)C)COC(=O)CCCCCCCCCCCCC(C)CC. The Morgan fingerprint density at radius 1 is 0.375 bits per heavy atom. The van der Waals surface area contributed by atoms with Crippen molar-refractivity contribution in [2.45, 2.75) is 278 Å². The van der Waals surface area contributed by atoms with Gasteiger partial charge in [0.25, 0.3) is 0 Å². The van der Waals surface area contributed by atoms with Crippen LogP contribution in [0.4, 0.5) is 0 Å². The Morgan fingerprint density at radius 2 is 0.679 bits per heavy atom. The van der Waals surface area contributed by atoms with Gasteiger partial charge in [0.05, 0.1) is 0 Å². The van der Waals surface area contributed by atoms with Gasteiger partial charge in [-0.05, 0) is 31.1 Å². The van der Waals surface area contributed by atoms with E-state index in [0.717, 1.165) is 69.6 Å². The topological polar surface area (TPSA) is 78.9 Å². The predicted molar refractivity (Wildman–Crippen MR) is 238 cm³/mol. The number of rotatable bonds is 44. The van der Waals surface area contributed by atoms with E-state index in [4.69, 9.17) is 14.2 Å². The van der Waals surface area contributed by atoms with Crippen molar-refractivity contribution in [1.29, 1.82) is 0 Å². The molecular formula is C50H96O6. The molecule has 56 heavy (non-hydrogen) atoms. The highest BCUT2D eigenvalue weighted by Gasteiger charge is 2.19. The largest absolute Gasteiger partial charge is 0.462 e. The summed E-state index contributed by atoms with van der Waals surface area (Å²) < 4.78 is 16.8. The second-order valence-corrected chi connectivity index (χ2v) is 17.8. The molecule has 0 heterocycles. The average molecular weight is 793 g/mol. The van der Waals surface area contributed by atoms with E-state index in [2.05, 4.69) is 34.6 Å². The lowest BCUT2D eigenvalue weighted by Gasteiger charge is -2.18. The predicted octanol–water partition coefficient (Wildman–Crippen LogP) is 15.8. The highest BCUT2D eigenvalue weighted by molar-refractivity contribution is 5.71. The highest BCUT2D eigenvalue weighted by atomic mass is 16.6. The summed E-state index contributed by atoms with van der Waals surface area (Å²) >= 11 is 0. The smallest absolute Gasteiger partial charge is 0.306 e. The minimum Gasteiger partial charge on any atom is -0.462 e. The van der Waals surface area contributed by atoms with Crippen LogP contribution in [0, 0.1) is 11.8 Å². The van der Waals surface area contributed by atoms with Crippen molar-refractivity contribution in [2.75, 3.05) is 13.2 Å². The normalized spacial score (nSPS) is 12.5. The van der Waals surface area contributed by atoms with Gasteiger partial charge in [-0.1, -0.05) is 234 Å². The van der Waals surface area contributed by atoms with Crippen LogP contribution >= 0.6 is 0 Å². The fourth-order valence-corrected chi connectivity index (χ4v) is 7.43. The fourth-order valence-electron chi connectivity index (χ4n) is 7.43. The number of hydrogen-bond acceptors (Lipinski definition) is 6. The lowest BCUT2D eigenvalue weighted by atomic mass is 9.99. The van der Waals surface area contributed by atoms with E-state index in [1.54, 1.807) is 0 Å². The first-order valence-electron chi connectivity index (χ1n) is 24.8. The zero-order valence-electron chi connectivity index (χ0n) is 38.3. The molecule has 0 aliphatic heterocycles. The van der Waals surface area contributed by atoms with Gasteiger partial charge >= 0.3 is 17.9 Å². The summed E-state index contributed by atoms with van der Waals surface area (Å²) in [5, 5.41) is 0. The number of ether oxygens (including phenoxy) is 3. The number of carbonyl (C=O) groups excluding carboxylic acids is 3. The van der Waals surface area contributed by atoms with Crippen molar-refractivity contribution in [3.63, 3.8) is 0 Å². The Hall–Kier alpha value is -1.59. The Kier molecular flexibility index (Phi) is 41.8. The molecular weight excluding hydrogens is 697 g/mol. The number of hydrogen-bond donors (Lipinski definition) is 0. The molecule has 0 rings (SSSR count). The number of unbranched alkanes of at least 4 members (excludes halogenated alkanes) is 28. The molecule has 6 nitrogen and oxygen atoms in total. The monoisotopic (exact) mass is 793 g/mol. The average Bonchev–Trinajstić information content (AvgIpc) is 3.18. The Labute approximate surface area is 348 Å². The van der Waals surface area contributed by atoms with Gasteiger partial charge < -0.3 is 14.2 Å². The first-order chi connectivity index (χ1) is 27.3. The van der Waals surface area contributed by atoms with Crippen molar-refractivity contribution in [1.82, 2.24) is 0 Å². The molecule has 332 valence electrons. The lowest BCUT2D eigenvalue weighted by Crippen LogP contribution is -2.30. The van der Waals surface area contributed by atoms with Crippen LogP contribution in [0.1, 0.15) is 272 Å². The first-order valence-corrected chi connectivity index (χ1v) is 24.8. The molecule has 1 unspecified atom stereocenters. The molecule has 0 radical (unpaired) electrons. The Bertz CT molecular complexity index is 856. The minimum absolute atomic E-state index is 0.0643. The molecule has 0 aromatic rings. The molecule has 0 amide bonds. The van der Waals surface area contributed by atoms with Crippen LogP contribution in [0.2, 0.25) is 0 Å². The van der Waals surface area contributed by atoms with E-state index in [1.165, 1.54) is 161 Å². The maximum absolute atomic E-state index is 12.7. The molecule has 6 heteroatoms. The van der Waals surface area contributed by atoms with E-state index in [1.807, 2.05) is 0 Å². The van der Waals surface area contributed by atoms with Gasteiger partial charge in [0, 0.05) is 19.3 Å². The molecule has 0 saturated heterocycles. The summed E-state index contributed by atoms with van der Waals surface area (Å²) in [6, 6.07) is 0. The molecule has 0 aromatic heterocycles. The third-order valence-electron chi connectivity index (χ3n) is 11.6. The molecule has 0 saturated carbocycles. The molecule has 0 aliphatic carbocycles. The summed E-state index contributed by atoms with van der Waals surface area (Å²) in [6.07, 6.45) is 42.2. The van der Waals surface area contributed by atoms with Crippen molar-refractivity contribution >= 4 is 17.9 Å². The van der Waals surface area contributed by atoms with Crippen molar-refractivity contribution in [2.24, 2.45) is 11.8 Å². The zero-order chi connectivity index (χ0) is 41.2. The maximum Gasteiger partial charge on any atom is 0.306 e. The third-order valence-corrected chi connectivity index (χ3v) is 11.6. The van der Waals surface area contributed by atoms with Crippen LogP contribution in [0.25, 0.3) is 0 Å². The third kappa shape index (κ3) is 42.0. The van der Waals surface area contributed by atoms with E-state index in [0.29, 0.717) is 19.3 Å². The standard InChI is InChI=1S/C50H96O6/c1-6-8-9-10-11-18-27-32-37-42-50(53)56-47(44-55-49(52)41-36-31-26-22-17-16-20-24-29-34-39-46(5)7-2)43-54-48(51)40-35-30-25-21-15-13-12-14-19-23-28-33-38-45(3)4/h45-47H,6-44H2,1-5H3/t46?,47-/m1/s1. The zero-order valence-corrected chi connectivity index (χ0v) is 38.3. The first kappa shape index (κ1) is 54.4. The Balaban J connectivity index is 4.27. The van der Waals surface area contributed by atoms with Crippen LogP contribution in [0.15, 0.2) is 0 Å². The van der Waals surface area contributed by atoms with E-state index >= 15 is 0 Å². The van der Waals surface area contributed by atoms with E-state index in [9.17, 15) is 14.4 Å². The fraction of sp³-hybridized carbons (Fsp3) is 0.940. The molecule has 0 fully saturated rings. The van der Waals surface area contributed by atoms with Gasteiger partial charge in [-0.2, -0.15) is 0 Å². The molecule has 0 N–H and O–H groups in total. The molecule has 0 aliphatic rings. The van der Waals surface area contributed by atoms with Gasteiger partial charge in [-0.25, -0.2) is 0 Å². The van der Waals surface area contributed by atoms with Gasteiger partial charge in [0.1, 0.15) is 13.2 Å². The van der Waals surface area contributed by atoms with Crippen LogP contribution < -0.4 is 0 Å². The van der Waals surface area contributed by atoms with Crippen molar-refractivity contribution in [3.05, 3.63) is 0 Å². The number of esters is 3. The summed E-state index contributed by atoms with van der Waals surface area (Å²) in [5.74, 6) is 0.850. The lowest BCUT2D eigenvalue weighted by molar-refractivity contribution is -0.167. The maximum atomic E-state index is 12.7. The summed E-state index contributed by atoms with van der Waals surface area (Å²) in [6.45, 7) is 11.4. The quantitative estimate of drug-likeness (QED) is 0.0347. The van der Waals surface area contributed by atoms with Crippen LogP contribution in [-0.4, -0.2) is 37.2 Å². The molecule has 2 atom stereocenters. The second kappa shape index (κ2) is 43.0. The summed E-state index contributed by atoms with van der Waals surface area (Å²) in [7, 11) is 0. The van der Waals surface area contributed by atoms with Crippen molar-refractivity contribution < 1.29 is 28.6 Å². The van der Waals surface area contributed by atoms with Crippen LogP contribution in [-0.2, 0) is 28.6 Å². The molecule has 0 aromatic carbocycles. The van der Waals surface area contributed by atoms with Crippen molar-refractivity contribution in [3.8, 4) is 0 Å². The number of carbonyl (C=O) groups is 3. The van der Waals surface area contributed by atoms with Crippen LogP contribution in [0.3, 0.4) is 0 Å². The highest BCUT2D eigenvalue weighted by Crippen LogP contribution is 2.17. The van der Waals surface area contributed by atoms with E-state index in [-0.39, 0.29) is 31.1 Å². The Morgan fingerprint density at radius 3 is 1.02 bits per heavy atom. The van der Waals surface area contributed by atoms with Gasteiger partial charge in [0.15, 0.2) is 6.10 Å². The van der Waals surface area contributed by atoms with Gasteiger partial charge in [-0.15, -0.1) is 0 Å². The van der Waals surface area contributed by atoms with Crippen LogP contribution in [0.5, 0.6) is 0 Å². The second-order valence-electron chi connectivity index (χ2n) is 17.8.